The van der Waals surface area contributed by atoms with E-state index in [0.717, 1.165) is 0 Å². The van der Waals surface area contributed by atoms with E-state index in [-0.39, 0.29) is 5.97 Å². The molecule has 78 valence electrons. The topological polar surface area (TPSA) is 26.3 Å². The van der Waals surface area contributed by atoms with E-state index in [1.54, 1.807) is 11.3 Å². The molecule has 0 amide bonds. The average Bonchev–Trinajstić information content (AvgIpc) is 2.46. The van der Waals surface area contributed by atoms with Crippen LogP contribution in [0.5, 0.6) is 0 Å². The highest BCUT2D eigenvalue weighted by Crippen LogP contribution is 2.14. The van der Waals surface area contributed by atoms with Gasteiger partial charge in [0.05, 0.1) is 8.07 Å². The number of thiophene rings is 1. The number of rotatable bonds is 3. The van der Waals surface area contributed by atoms with Crippen molar-refractivity contribution >= 4 is 30.6 Å². The second-order valence-electron chi connectivity index (χ2n) is 4.29. The molecule has 14 heavy (non-hydrogen) atoms. The maximum Gasteiger partial charge on any atom is 0.302 e. The van der Waals surface area contributed by atoms with Gasteiger partial charge in [-0.05, 0) is 10.6 Å². The van der Waals surface area contributed by atoms with Crippen LogP contribution in [0.25, 0.3) is 0 Å². The molecule has 1 aromatic heterocycles. The number of carbonyl (C=O) groups excluding carboxylic acids is 1. The van der Waals surface area contributed by atoms with Gasteiger partial charge in [0.15, 0.2) is 0 Å². The van der Waals surface area contributed by atoms with E-state index in [4.69, 9.17) is 4.74 Å². The molecule has 0 atom stereocenters. The Balaban J connectivity index is 2.78. The summed E-state index contributed by atoms with van der Waals surface area (Å²) in [6.45, 7) is 8.78. The molecule has 0 aromatic carbocycles. The van der Waals surface area contributed by atoms with Crippen LogP contribution in [0, 0.1) is 0 Å². The quantitative estimate of drug-likeness (QED) is 0.586. The molecule has 0 unspecified atom stereocenters. The average molecular weight is 228 g/mol. The molecule has 1 heterocycles. The van der Waals surface area contributed by atoms with Crippen molar-refractivity contribution in [2.75, 3.05) is 0 Å². The van der Waals surface area contributed by atoms with Crippen molar-refractivity contribution in [2.45, 2.75) is 33.2 Å². The summed E-state index contributed by atoms with van der Waals surface area (Å²) in [6, 6.07) is 2.16. The first-order chi connectivity index (χ1) is 6.41. The summed E-state index contributed by atoms with van der Waals surface area (Å²) < 4.78 is 5.02. The molecule has 0 radical (unpaired) electrons. The second kappa shape index (κ2) is 4.27. The molecule has 0 saturated carbocycles. The number of hydrogen-bond acceptors (Lipinski definition) is 3. The zero-order chi connectivity index (χ0) is 10.8. The molecular weight excluding hydrogens is 212 g/mol. The molecule has 0 N–H and O–H groups in total. The van der Waals surface area contributed by atoms with Gasteiger partial charge in [-0.25, -0.2) is 0 Å². The van der Waals surface area contributed by atoms with Crippen molar-refractivity contribution in [1.82, 2.24) is 0 Å². The maximum absolute atomic E-state index is 10.7. The highest BCUT2D eigenvalue weighted by atomic mass is 32.1. The number of carbonyl (C=O) groups is 1. The Hall–Kier alpha value is -0.613. The molecule has 0 bridgehead atoms. The Morgan fingerprint density at radius 3 is 2.64 bits per heavy atom. The summed E-state index contributed by atoms with van der Waals surface area (Å²) in [5.74, 6) is -0.208. The van der Waals surface area contributed by atoms with Crippen molar-refractivity contribution < 1.29 is 9.53 Å². The molecule has 0 spiro atoms. The van der Waals surface area contributed by atoms with Crippen molar-refractivity contribution in [3.63, 3.8) is 0 Å². The molecule has 2 nitrogen and oxygen atoms in total. The molecule has 0 fully saturated rings. The lowest BCUT2D eigenvalue weighted by Gasteiger charge is -2.16. The van der Waals surface area contributed by atoms with Crippen LogP contribution in [0.3, 0.4) is 0 Å². The van der Waals surface area contributed by atoms with Gasteiger partial charge in [0, 0.05) is 11.8 Å². The summed E-state index contributed by atoms with van der Waals surface area (Å²) in [7, 11) is -1.28. The van der Waals surface area contributed by atoms with Crippen LogP contribution >= 0.6 is 11.3 Å². The van der Waals surface area contributed by atoms with E-state index in [2.05, 4.69) is 31.1 Å². The standard InChI is InChI=1S/C10H16O2SSi/c1-8(11)12-7-9-10(5-6-13-9)14(2,3)4/h5-6H,7H2,1-4H3. The molecule has 1 rings (SSSR count). The van der Waals surface area contributed by atoms with E-state index in [9.17, 15) is 4.79 Å². The highest BCUT2D eigenvalue weighted by Gasteiger charge is 2.21. The first-order valence-electron chi connectivity index (χ1n) is 4.61. The molecule has 4 heteroatoms. The van der Waals surface area contributed by atoms with Crippen molar-refractivity contribution in [1.29, 1.82) is 0 Å². The Morgan fingerprint density at radius 2 is 2.14 bits per heavy atom. The summed E-state index contributed by atoms with van der Waals surface area (Å²) >= 11 is 1.68. The lowest BCUT2D eigenvalue weighted by Crippen LogP contribution is -2.38. The van der Waals surface area contributed by atoms with Gasteiger partial charge in [0.1, 0.15) is 6.61 Å². The molecule has 1 aromatic rings. The SMILES string of the molecule is CC(=O)OCc1sccc1[Si](C)(C)C. The third-order valence-electron chi connectivity index (χ3n) is 1.96. The Labute approximate surface area is 89.9 Å². The summed E-state index contributed by atoms with van der Waals surface area (Å²) in [5, 5.41) is 3.48. The van der Waals surface area contributed by atoms with Crippen LogP contribution in [0.15, 0.2) is 11.4 Å². The number of esters is 1. The number of hydrogen-bond donors (Lipinski definition) is 0. The Bertz CT molecular complexity index is 325. The van der Waals surface area contributed by atoms with Crippen LogP contribution in [0.1, 0.15) is 11.8 Å². The van der Waals surface area contributed by atoms with Crippen LogP contribution in [-0.2, 0) is 16.1 Å². The Morgan fingerprint density at radius 1 is 1.50 bits per heavy atom. The van der Waals surface area contributed by atoms with Crippen LogP contribution < -0.4 is 5.19 Å². The fraction of sp³-hybridized carbons (Fsp3) is 0.500. The van der Waals surface area contributed by atoms with Gasteiger partial charge in [-0.1, -0.05) is 25.7 Å². The van der Waals surface area contributed by atoms with Gasteiger partial charge < -0.3 is 4.74 Å². The van der Waals surface area contributed by atoms with Crippen molar-refractivity contribution in [2.24, 2.45) is 0 Å². The fourth-order valence-corrected chi connectivity index (χ4v) is 4.69. The van der Waals surface area contributed by atoms with E-state index < -0.39 is 8.07 Å². The molecular formula is C10H16O2SSi. The van der Waals surface area contributed by atoms with Crippen LogP contribution in [-0.4, -0.2) is 14.0 Å². The van der Waals surface area contributed by atoms with Crippen molar-refractivity contribution in [3.05, 3.63) is 16.3 Å². The smallest absolute Gasteiger partial charge is 0.302 e. The highest BCUT2D eigenvalue weighted by molar-refractivity contribution is 7.12. The van der Waals surface area contributed by atoms with Gasteiger partial charge in [-0.2, -0.15) is 0 Å². The van der Waals surface area contributed by atoms with Gasteiger partial charge >= 0.3 is 5.97 Å². The fourth-order valence-electron chi connectivity index (χ4n) is 1.29. The molecule has 0 saturated heterocycles. The zero-order valence-corrected chi connectivity index (χ0v) is 10.9. The third kappa shape index (κ3) is 2.96. The van der Waals surface area contributed by atoms with Crippen LogP contribution in [0.4, 0.5) is 0 Å². The monoisotopic (exact) mass is 228 g/mol. The van der Waals surface area contributed by atoms with Crippen molar-refractivity contribution in [3.8, 4) is 0 Å². The predicted octanol–water partition coefficient (Wildman–Crippen LogP) is 2.36. The van der Waals surface area contributed by atoms with Crippen LogP contribution in [0.2, 0.25) is 19.6 Å². The Kier molecular flexibility index (Phi) is 3.50. The van der Waals surface area contributed by atoms with Gasteiger partial charge in [-0.3, -0.25) is 4.79 Å². The van der Waals surface area contributed by atoms with Gasteiger partial charge in [-0.15, -0.1) is 11.3 Å². The van der Waals surface area contributed by atoms with E-state index in [0.29, 0.717) is 6.61 Å². The first kappa shape index (κ1) is 11.5. The van der Waals surface area contributed by atoms with E-state index in [1.165, 1.54) is 17.0 Å². The van der Waals surface area contributed by atoms with Gasteiger partial charge in [0.25, 0.3) is 0 Å². The lowest BCUT2D eigenvalue weighted by atomic mass is 10.5. The predicted molar refractivity (Wildman–Crippen MR) is 62.8 cm³/mol. The minimum atomic E-state index is -1.28. The zero-order valence-electron chi connectivity index (χ0n) is 9.09. The van der Waals surface area contributed by atoms with Gasteiger partial charge in [0.2, 0.25) is 0 Å². The van der Waals surface area contributed by atoms with E-state index >= 15 is 0 Å². The lowest BCUT2D eigenvalue weighted by molar-refractivity contribution is -0.142. The van der Waals surface area contributed by atoms with E-state index in [1.807, 2.05) is 0 Å². The minimum Gasteiger partial charge on any atom is -0.460 e. The maximum atomic E-state index is 10.7. The summed E-state index contributed by atoms with van der Waals surface area (Å²) in [4.78, 5) is 11.9. The first-order valence-corrected chi connectivity index (χ1v) is 8.99. The molecule has 0 aliphatic carbocycles. The third-order valence-corrected chi connectivity index (χ3v) is 5.12. The second-order valence-corrected chi connectivity index (χ2v) is 10.3. The molecule has 0 aliphatic heterocycles. The minimum absolute atomic E-state index is 0.208. The largest absolute Gasteiger partial charge is 0.460 e. The summed E-state index contributed by atoms with van der Waals surface area (Å²) in [5.41, 5.74) is 0. The normalized spacial score (nSPS) is 11.4. The number of ether oxygens (including phenoxy) is 1. The summed E-state index contributed by atoms with van der Waals surface area (Å²) in [6.07, 6.45) is 0. The molecule has 0 aliphatic rings.